The molecule has 146 valence electrons. The Kier molecular flexibility index (Phi) is 3.83. The van der Waals surface area contributed by atoms with Crippen LogP contribution in [0.1, 0.15) is 51.4 Å². The maximum absolute atomic E-state index is 12.3. The first-order chi connectivity index (χ1) is 14.0. The summed E-state index contributed by atoms with van der Waals surface area (Å²) in [5.41, 5.74) is 9.27. The number of amides is 4. The van der Waals surface area contributed by atoms with Crippen molar-refractivity contribution in [2.75, 3.05) is 6.54 Å². The topological polar surface area (TPSA) is 131 Å². The standard InChI is InChI=1S/C20H18N6O3/c21-17(27)11-3-1-2-10(6-11)12-7-13(12)14-8-16(25-26-5-4-22-18(14)26)15-9-23-20(29)24-19(15)28/h1-6,8,12-13,15H,7,9H2,(H2,21,27)(H2,23,24,28,29)/t12-,13+,15?/m1/s1. The van der Waals surface area contributed by atoms with E-state index >= 15 is 0 Å². The van der Waals surface area contributed by atoms with Crippen molar-refractivity contribution < 1.29 is 14.4 Å². The van der Waals surface area contributed by atoms with Crippen molar-refractivity contribution in [3.63, 3.8) is 0 Å². The summed E-state index contributed by atoms with van der Waals surface area (Å²) >= 11 is 0. The Bertz CT molecular complexity index is 1170. The monoisotopic (exact) mass is 390 g/mol. The lowest BCUT2D eigenvalue weighted by Crippen LogP contribution is -2.51. The van der Waals surface area contributed by atoms with Crippen LogP contribution in [0.25, 0.3) is 5.65 Å². The third-order valence-corrected chi connectivity index (χ3v) is 5.57. The Morgan fingerprint density at radius 2 is 2.07 bits per heavy atom. The summed E-state index contributed by atoms with van der Waals surface area (Å²) in [6.07, 6.45) is 4.32. The normalized spacial score (nSPS) is 23.5. The van der Waals surface area contributed by atoms with Gasteiger partial charge in [0.05, 0.1) is 11.6 Å². The van der Waals surface area contributed by atoms with Crippen molar-refractivity contribution in [1.82, 2.24) is 25.2 Å². The van der Waals surface area contributed by atoms with Crippen LogP contribution in [-0.4, -0.2) is 39.0 Å². The molecule has 4 N–H and O–H groups in total. The maximum Gasteiger partial charge on any atom is 0.321 e. The van der Waals surface area contributed by atoms with Gasteiger partial charge in [-0.05, 0) is 42.0 Å². The Hall–Kier alpha value is -3.75. The molecule has 1 unspecified atom stereocenters. The summed E-state index contributed by atoms with van der Waals surface area (Å²) in [4.78, 5) is 39.6. The van der Waals surface area contributed by atoms with Crippen molar-refractivity contribution in [2.45, 2.75) is 24.2 Å². The largest absolute Gasteiger partial charge is 0.366 e. The first kappa shape index (κ1) is 17.4. The molecule has 1 aliphatic carbocycles. The van der Waals surface area contributed by atoms with Crippen LogP contribution < -0.4 is 16.4 Å². The van der Waals surface area contributed by atoms with Crippen LogP contribution >= 0.6 is 0 Å². The van der Waals surface area contributed by atoms with Gasteiger partial charge >= 0.3 is 6.03 Å². The Morgan fingerprint density at radius 1 is 1.21 bits per heavy atom. The number of primary amides is 1. The number of nitrogens with two attached hydrogens (primary N) is 1. The highest BCUT2D eigenvalue weighted by molar-refractivity contribution is 6.00. The van der Waals surface area contributed by atoms with E-state index in [1.165, 1.54) is 0 Å². The van der Waals surface area contributed by atoms with Crippen LogP contribution in [0.5, 0.6) is 0 Å². The lowest BCUT2D eigenvalue weighted by Gasteiger charge is -2.22. The number of rotatable bonds is 4. The zero-order valence-electron chi connectivity index (χ0n) is 15.3. The average molecular weight is 390 g/mol. The van der Waals surface area contributed by atoms with Gasteiger partial charge in [0.1, 0.15) is 0 Å². The number of imidazole rings is 1. The van der Waals surface area contributed by atoms with E-state index in [1.807, 2.05) is 24.3 Å². The van der Waals surface area contributed by atoms with E-state index < -0.39 is 17.9 Å². The highest BCUT2D eigenvalue weighted by Crippen LogP contribution is 2.55. The van der Waals surface area contributed by atoms with Crippen LogP contribution in [0.4, 0.5) is 4.79 Å². The van der Waals surface area contributed by atoms with Gasteiger partial charge in [-0.15, -0.1) is 0 Å². The summed E-state index contributed by atoms with van der Waals surface area (Å²) in [7, 11) is 0. The number of urea groups is 1. The predicted octanol–water partition coefficient (Wildman–Crippen LogP) is 1.02. The zero-order chi connectivity index (χ0) is 20.1. The molecule has 3 atom stereocenters. The SMILES string of the molecule is NC(=O)c1cccc([C@H]2C[C@@H]2c2cc(C3CNC(=O)NC3=O)nn3ccnc23)c1. The first-order valence-corrected chi connectivity index (χ1v) is 9.34. The molecule has 29 heavy (non-hydrogen) atoms. The molecule has 0 radical (unpaired) electrons. The summed E-state index contributed by atoms with van der Waals surface area (Å²) in [6, 6.07) is 8.78. The van der Waals surface area contributed by atoms with Crippen LogP contribution in [0.2, 0.25) is 0 Å². The van der Waals surface area contributed by atoms with E-state index in [1.54, 1.807) is 23.0 Å². The minimum absolute atomic E-state index is 0.200. The molecule has 9 heteroatoms. The molecule has 9 nitrogen and oxygen atoms in total. The zero-order valence-corrected chi connectivity index (χ0v) is 15.3. The van der Waals surface area contributed by atoms with Gasteiger partial charge < -0.3 is 11.1 Å². The molecule has 2 aromatic heterocycles. The molecule has 3 aromatic rings. The smallest absolute Gasteiger partial charge is 0.321 e. The number of nitrogens with one attached hydrogen (secondary N) is 2. The third kappa shape index (κ3) is 3.00. The van der Waals surface area contributed by atoms with E-state index in [-0.39, 0.29) is 24.3 Å². The van der Waals surface area contributed by atoms with Gasteiger partial charge in [0.25, 0.3) is 0 Å². The predicted molar refractivity (Wildman–Crippen MR) is 102 cm³/mol. The van der Waals surface area contributed by atoms with Crippen LogP contribution in [0.3, 0.4) is 0 Å². The van der Waals surface area contributed by atoms with Gasteiger partial charge in [0, 0.05) is 30.1 Å². The molecular formula is C20H18N6O3. The van der Waals surface area contributed by atoms with Crippen LogP contribution in [-0.2, 0) is 4.79 Å². The van der Waals surface area contributed by atoms with Gasteiger partial charge in [-0.1, -0.05) is 12.1 Å². The molecule has 1 saturated heterocycles. The minimum atomic E-state index is -0.561. The fourth-order valence-electron chi connectivity index (χ4n) is 4.00. The number of aromatic nitrogens is 3. The molecule has 0 spiro atoms. The molecule has 2 aliphatic rings. The molecule has 2 fully saturated rings. The number of hydrogen-bond acceptors (Lipinski definition) is 5. The molecule has 4 amide bonds. The molecule has 1 aromatic carbocycles. The van der Waals surface area contributed by atoms with Crippen molar-refractivity contribution in [3.8, 4) is 0 Å². The minimum Gasteiger partial charge on any atom is -0.366 e. The van der Waals surface area contributed by atoms with E-state index in [0.29, 0.717) is 11.3 Å². The van der Waals surface area contributed by atoms with E-state index in [9.17, 15) is 14.4 Å². The maximum atomic E-state index is 12.3. The second-order valence-electron chi connectivity index (χ2n) is 7.41. The fourth-order valence-corrected chi connectivity index (χ4v) is 4.00. The third-order valence-electron chi connectivity index (χ3n) is 5.57. The lowest BCUT2D eigenvalue weighted by molar-refractivity contribution is -0.122. The molecule has 1 aliphatic heterocycles. The van der Waals surface area contributed by atoms with Gasteiger partial charge in [-0.2, -0.15) is 5.10 Å². The van der Waals surface area contributed by atoms with Crippen LogP contribution in [0.15, 0.2) is 42.7 Å². The van der Waals surface area contributed by atoms with E-state index in [2.05, 4.69) is 20.7 Å². The number of hydrogen-bond donors (Lipinski definition) is 3. The Labute approximate surface area is 165 Å². The fraction of sp³-hybridized carbons (Fsp3) is 0.250. The van der Waals surface area contributed by atoms with Crippen molar-refractivity contribution in [1.29, 1.82) is 0 Å². The number of benzene rings is 1. The lowest BCUT2D eigenvalue weighted by atomic mass is 9.98. The van der Waals surface area contributed by atoms with Crippen molar-refractivity contribution in [3.05, 3.63) is 65.1 Å². The van der Waals surface area contributed by atoms with Crippen molar-refractivity contribution in [2.24, 2.45) is 5.73 Å². The number of carbonyl (C=O) groups is 3. The summed E-state index contributed by atoms with van der Waals surface area (Å²) < 4.78 is 1.67. The molecule has 0 bridgehead atoms. The van der Waals surface area contributed by atoms with Gasteiger partial charge in [0.15, 0.2) is 5.65 Å². The molecule has 3 heterocycles. The van der Waals surface area contributed by atoms with E-state index in [4.69, 9.17) is 5.73 Å². The highest BCUT2D eigenvalue weighted by atomic mass is 16.2. The molecule has 1 saturated carbocycles. The number of carbonyl (C=O) groups excluding carboxylic acids is 3. The number of fused-ring (bicyclic) bond motifs is 1. The van der Waals surface area contributed by atoms with Gasteiger partial charge in [-0.25, -0.2) is 14.3 Å². The van der Waals surface area contributed by atoms with E-state index in [0.717, 1.165) is 23.2 Å². The Balaban J connectivity index is 1.50. The van der Waals surface area contributed by atoms with Crippen molar-refractivity contribution >= 4 is 23.5 Å². The summed E-state index contributed by atoms with van der Waals surface area (Å²) in [5.74, 6) is -0.936. The second-order valence-corrected chi connectivity index (χ2v) is 7.41. The van der Waals surface area contributed by atoms with Gasteiger partial charge in [0.2, 0.25) is 11.8 Å². The van der Waals surface area contributed by atoms with Gasteiger partial charge in [-0.3, -0.25) is 14.9 Å². The highest BCUT2D eigenvalue weighted by Gasteiger charge is 2.42. The molecular weight excluding hydrogens is 372 g/mol. The summed E-state index contributed by atoms with van der Waals surface area (Å²) in [5, 5.41) is 9.45. The Morgan fingerprint density at radius 3 is 2.86 bits per heavy atom. The average Bonchev–Trinajstić information content (AvgIpc) is 3.36. The first-order valence-electron chi connectivity index (χ1n) is 9.34. The number of nitrogens with zero attached hydrogens (tertiary/aromatic N) is 3. The second kappa shape index (κ2) is 6.40. The molecule has 5 rings (SSSR count). The summed E-state index contributed by atoms with van der Waals surface area (Å²) in [6.45, 7) is 0.200. The quantitative estimate of drug-likeness (QED) is 0.612. The number of imide groups is 1. The van der Waals surface area contributed by atoms with Crippen LogP contribution in [0, 0.1) is 0 Å².